The molecule has 0 aromatic carbocycles. The summed E-state index contributed by atoms with van der Waals surface area (Å²) in [4.78, 5) is 38.2. The average Bonchev–Trinajstić information content (AvgIpc) is 2.41. The van der Waals surface area contributed by atoms with Crippen molar-refractivity contribution < 1.29 is 23.9 Å². The van der Waals surface area contributed by atoms with E-state index in [0.29, 0.717) is 12.1 Å². The molecule has 0 fully saturated rings. The molecular formula is C16H23NO5. The fraction of sp³-hybridized carbons (Fsp3) is 0.562. The van der Waals surface area contributed by atoms with Crippen molar-refractivity contribution >= 4 is 17.7 Å². The summed E-state index contributed by atoms with van der Waals surface area (Å²) in [6.45, 7) is 3.89. The molecular weight excluding hydrogens is 286 g/mol. The summed E-state index contributed by atoms with van der Waals surface area (Å²) in [7, 11) is 6.02. The maximum atomic E-state index is 12.2. The predicted octanol–water partition coefficient (Wildman–Crippen LogP) is 1.46. The van der Waals surface area contributed by atoms with Gasteiger partial charge in [-0.05, 0) is 17.9 Å². The smallest absolute Gasteiger partial charge is 0.340 e. The molecule has 6 heteroatoms. The Kier molecular flexibility index (Phi) is 5.52. The van der Waals surface area contributed by atoms with Crippen molar-refractivity contribution in [2.75, 3.05) is 28.3 Å². The predicted molar refractivity (Wildman–Crippen MR) is 80.9 cm³/mol. The molecule has 0 amide bonds. The monoisotopic (exact) mass is 309 g/mol. The lowest BCUT2D eigenvalue weighted by Crippen LogP contribution is -2.30. The van der Waals surface area contributed by atoms with Gasteiger partial charge in [-0.2, -0.15) is 0 Å². The lowest BCUT2D eigenvalue weighted by molar-refractivity contribution is -0.139. The molecule has 0 bridgehead atoms. The minimum absolute atomic E-state index is 0.0569. The topological polar surface area (TPSA) is 72.9 Å². The van der Waals surface area contributed by atoms with E-state index in [1.807, 2.05) is 13.8 Å². The second kappa shape index (κ2) is 6.77. The molecule has 0 spiro atoms. The Hall–Kier alpha value is -2.11. The number of methoxy groups -OCH3 is 2. The van der Waals surface area contributed by atoms with Gasteiger partial charge in [0.15, 0.2) is 5.78 Å². The molecule has 1 aliphatic rings. The molecule has 0 N–H and O–H groups in total. The van der Waals surface area contributed by atoms with Gasteiger partial charge in [-0.3, -0.25) is 4.79 Å². The molecule has 6 nitrogen and oxygen atoms in total. The highest BCUT2D eigenvalue weighted by molar-refractivity contribution is 6.11. The lowest BCUT2D eigenvalue weighted by Gasteiger charge is -2.31. The Morgan fingerprint density at radius 2 is 1.64 bits per heavy atom. The van der Waals surface area contributed by atoms with Gasteiger partial charge in [0.2, 0.25) is 0 Å². The zero-order valence-corrected chi connectivity index (χ0v) is 14.0. The molecule has 1 rings (SSSR count). The summed E-state index contributed by atoms with van der Waals surface area (Å²) >= 11 is 0. The Balaban J connectivity index is 3.66. The van der Waals surface area contributed by atoms with Crippen molar-refractivity contribution in [3.63, 3.8) is 0 Å². The van der Waals surface area contributed by atoms with E-state index in [9.17, 15) is 14.4 Å². The third-order valence-corrected chi connectivity index (χ3v) is 3.50. The summed E-state index contributed by atoms with van der Waals surface area (Å²) in [6, 6.07) is 0. The number of esters is 2. The van der Waals surface area contributed by atoms with Crippen molar-refractivity contribution in [2.45, 2.75) is 26.7 Å². The summed E-state index contributed by atoms with van der Waals surface area (Å²) < 4.78 is 9.53. The minimum atomic E-state index is -0.729. The van der Waals surface area contributed by atoms with Gasteiger partial charge in [-0.15, -0.1) is 0 Å². The second-order valence-corrected chi connectivity index (χ2v) is 6.24. The highest BCUT2D eigenvalue weighted by Gasteiger charge is 2.34. The van der Waals surface area contributed by atoms with Crippen molar-refractivity contribution in [3.8, 4) is 0 Å². The van der Waals surface area contributed by atoms with Crippen LogP contribution < -0.4 is 0 Å². The van der Waals surface area contributed by atoms with Crippen LogP contribution in [0.15, 0.2) is 22.9 Å². The third-order valence-electron chi connectivity index (χ3n) is 3.50. The zero-order chi connectivity index (χ0) is 17.1. The van der Waals surface area contributed by atoms with Crippen LogP contribution >= 0.6 is 0 Å². The molecule has 122 valence electrons. The van der Waals surface area contributed by atoms with Gasteiger partial charge in [0.1, 0.15) is 0 Å². The van der Waals surface area contributed by atoms with Crippen LogP contribution in [0.2, 0.25) is 0 Å². The first-order valence-corrected chi connectivity index (χ1v) is 6.95. The molecule has 0 atom stereocenters. The lowest BCUT2D eigenvalue weighted by atomic mass is 9.78. The quantitative estimate of drug-likeness (QED) is 0.735. The number of allylic oxidation sites excluding steroid dienone is 2. The van der Waals surface area contributed by atoms with E-state index >= 15 is 0 Å². The fourth-order valence-electron chi connectivity index (χ4n) is 2.50. The van der Waals surface area contributed by atoms with Crippen molar-refractivity contribution in [1.29, 1.82) is 0 Å². The van der Waals surface area contributed by atoms with E-state index in [0.717, 1.165) is 0 Å². The van der Waals surface area contributed by atoms with Crippen LogP contribution in [0, 0.1) is 5.41 Å². The number of carbonyl (C=O) groups is 3. The molecule has 0 aromatic rings. The van der Waals surface area contributed by atoms with E-state index in [1.165, 1.54) is 20.3 Å². The van der Waals surface area contributed by atoms with E-state index < -0.39 is 11.9 Å². The van der Waals surface area contributed by atoms with Crippen molar-refractivity contribution in [1.82, 2.24) is 4.90 Å². The summed E-state index contributed by atoms with van der Waals surface area (Å²) in [6.07, 6.45) is 1.92. The zero-order valence-electron chi connectivity index (χ0n) is 14.0. The number of ether oxygens (including phenoxy) is 2. The Morgan fingerprint density at radius 1 is 1.09 bits per heavy atom. The molecule has 0 heterocycles. The van der Waals surface area contributed by atoms with Gasteiger partial charge < -0.3 is 14.4 Å². The minimum Gasteiger partial charge on any atom is -0.465 e. The van der Waals surface area contributed by atoms with Crippen LogP contribution in [0.25, 0.3) is 0 Å². The van der Waals surface area contributed by atoms with Crippen LogP contribution in [-0.2, 0) is 23.9 Å². The van der Waals surface area contributed by atoms with E-state index in [-0.39, 0.29) is 28.8 Å². The molecule has 0 saturated heterocycles. The summed E-state index contributed by atoms with van der Waals surface area (Å²) in [5, 5.41) is 0. The van der Waals surface area contributed by atoms with Crippen molar-refractivity contribution in [3.05, 3.63) is 22.9 Å². The number of nitrogens with zero attached hydrogens (tertiary/aromatic N) is 1. The SMILES string of the molecule is COC(=O)C1=C(\N(C)C)CC(C)(C)CC(=O)/C=C\1C(=O)OC. The van der Waals surface area contributed by atoms with Gasteiger partial charge in [-0.1, -0.05) is 13.8 Å². The Labute approximate surface area is 130 Å². The number of hydrogen-bond donors (Lipinski definition) is 0. The standard InChI is InChI=1S/C16H23NO5/c1-16(2)8-10(18)7-11(14(19)21-5)13(15(20)22-6)12(9-16)17(3)4/h7H,8-9H2,1-6H3/b11-7+,13-12-. The largest absolute Gasteiger partial charge is 0.465 e. The van der Waals surface area contributed by atoms with Gasteiger partial charge in [0.05, 0.1) is 25.4 Å². The summed E-state index contributed by atoms with van der Waals surface area (Å²) in [5.74, 6) is -1.61. The van der Waals surface area contributed by atoms with Crippen LogP contribution in [0.1, 0.15) is 26.7 Å². The molecule has 1 aliphatic carbocycles. The normalized spacial score (nSPS) is 23.7. The fourth-order valence-corrected chi connectivity index (χ4v) is 2.50. The van der Waals surface area contributed by atoms with Gasteiger partial charge in [0.25, 0.3) is 0 Å². The van der Waals surface area contributed by atoms with Crippen molar-refractivity contribution in [2.24, 2.45) is 5.41 Å². The van der Waals surface area contributed by atoms with Gasteiger partial charge in [0, 0.05) is 26.2 Å². The first-order chi connectivity index (χ1) is 10.1. The second-order valence-electron chi connectivity index (χ2n) is 6.24. The number of rotatable bonds is 3. The number of ketones is 1. The van der Waals surface area contributed by atoms with Gasteiger partial charge in [-0.25, -0.2) is 9.59 Å². The van der Waals surface area contributed by atoms with E-state index in [1.54, 1.807) is 19.0 Å². The first-order valence-electron chi connectivity index (χ1n) is 6.95. The van der Waals surface area contributed by atoms with E-state index in [2.05, 4.69) is 0 Å². The Morgan fingerprint density at radius 3 is 2.09 bits per heavy atom. The molecule has 22 heavy (non-hydrogen) atoms. The molecule has 0 aliphatic heterocycles. The van der Waals surface area contributed by atoms with Crippen LogP contribution in [-0.4, -0.2) is 50.9 Å². The molecule has 0 saturated carbocycles. The average molecular weight is 309 g/mol. The molecule has 0 radical (unpaired) electrons. The van der Waals surface area contributed by atoms with Crippen LogP contribution in [0.3, 0.4) is 0 Å². The molecule has 0 unspecified atom stereocenters. The Bertz CT molecular complexity index is 555. The number of hydrogen-bond acceptors (Lipinski definition) is 6. The van der Waals surface area contributed by atoms with Crippen LogP contribution in [0.4, 0.5) is 0 Å². The van der Waals surface area contributed by atoms with E-state index in [4.69, 9.17) is 9.47 Å². The maximum absolute atomic E-state index is 12.2. The number of carbonyl (C=O) groups excluding carboxylic acids is 3. The first kappa shape index (κ1) is 17.9. The third kappa shape index (κ3) is 3.96. The highest BCUT2D eigenvalue weighted by atomic mass is 16.5. The maximum Gasteiger partial charge on any atom is 0.340 e. The van der Waals surface area contributed by atoms with Crippen LogP contribution in [0.5, 0.6) is 0 Å². The van der Waals surface area contributed by atoms with Gasteiger partial charge >= 0.3 is 11.9 Å². The summed E-state index contributed by atoms with van der Waals surface area (Å²) in [5.41, 5.74) is 0.328. The highest BCUT2D eigenvalue weighted by Crippen LogP contribution is 2.36. The molecule has 0 aromatic heterocycles.